The highest BCUT2D eigenvalue weighted by Gasteiger charge is 2.37. The van der Waals surface area contributed by atoms with Crippen LogP contribution in [0.5, 0.6) is 0 Å². The molecule has 2 rings (SSSR count). The average Bonchev–Trinajstić information content (AvgIpc) is 3.14. The van der Waals surface area contributed by atoms with Crippen molar-refractivity contribution in [3.63, 3.8) is 0 Å². The third-order valence-corrected chi connectivity index (χ3v) is 3.40. The van der Waals surface area contributed by atoms with E-state index in [0.717, 1.165) is 25.1 Å². The van der Waals surface area contributed by atoms with Crippen LogP contribution in [0.15, 0.2) is 24.3 Å². The highest BCUT2D eigenvalue weighted by molar-refractivity contribution is 5.31. The molecule has 100 valence electrons. The zero-order valence-corrected chi connectivity index (χ0v) is 10.5. The van der Waals surface area contributed by atoms with Crippen molar-refractivity contribution in [1.29, 1.82) is 0 Å². The molecule has 0 heterocycles. The minimum Gasteiger partial charge on any atom is -0.383 e. The Morgan fingerprint density at radius 3 is 3.00 bits per heavy atom. The van der Waals surface area contributed by atoms with Crippen LogP contribution in [0.1, 0.15) is 29.9 Å². The lowest BCUT2D eigenvalue weighted by molar-refractivity contribution is 0.151. The molecule has 0 amide bonds. The molecule has 1 aromatic rings. The maximum Gasteiger partial charge on any atom is 0.263 e. The van der Waals surface area contributed by atoms with Crippen LogP contribution in [-0.4, -0.2) is 26.8 Å². The van der Waals surface area contributed by atoms with Gasteiger partial charge >= 0.3 is 0 Å². The van der Waals surface area contributed by atoms with Gasteiger partial charge in [-0.3, -0.25) is 0 Å². The van der Waals surface area contributed by atoms with Gasteiger partial charge in [-0.1, -0.05) is 18.2 Å². The van der Waals surface area contributed by atoms with Gasteiger partial charge in [0.25, 0.3) is 6.43 Å². The quantitative estimate of drug-likeness (QED) is 0.756. The Bertz CT molecular complexity index is 384. The highest BCUT2D eigenvalue weighted by Crippen LogP contribution is 2.47. The molecule has 0 aromatic heterocycles. The number of rotatable bonds is 7. The predicted octanol–water partition coefficient (Wildman–Crippen LogP) is 2.96. The van der Waals surface area contributed by atoms with E-state index >= 15 is 0 Å². The van der Waals surface area contributed by atoms with Crippen molar-refractivity contribution >= 4 is 0 Å². The van der Waals surface area contributed by atoms with Crippen molar-refractivity contribution in [2.75, 3.05) is 26.8 Å². The molecule has 1 saturated carbocycles. The first kappa shape index (κ1) is 13.4. The summed E-state index contributed by atoms with van der Waals surface area (Å²) in [6.45, 7) is 2.49. The summed E-state index contributed by atoms with van der Waals surface area (Å²) in [4.78, 5) is 0. The Morgan fingerprint density at radius 2 is 2.28 bits per heavy atom. The molecule has 1 aliphatic carbocycles. The third-order valence-electron chi connectivity index (χ3n) is 3.40. The fourth-order valence-electron chi connectivity index (χ4n) is 2.27. The van der Waals surface area contributed by atoms with Crippen LogP contribution < -0.4 is 5.32 Å². The number of ether oxygens (including phenoxy) is 1. The van der Waals surface area contributed by atoms with Crippen LogP contribution in [0.3, 0.4) is 0 Å². The zero-order valence-electron chi connectivity index (χ0n) is 10.5. The Kier molecular flexibility index (Phi) is 4.66. The molecule has 0 bridgehead atoms. The molecule has 18 heavy (non-hydrogen) atoms. The molecule has 0 radical (unpaired) electrons. The van der Waals surface area contributed by atoms with Gasteiger partial charge in [-0.25, -0.2) is 8.78 Å². The standard InChI is InChI=1S/C14H19F2NO/c1-18-6-5-17-9-12-8-13(12)10-3-2-4-11(7-10)14(15)16/h2-4,7,12-14,17H,5-6,8-9H2,1H3. The fraction of sp³-hybridized carbons (Fsp3) is 0.571. The number of methoxy groups -OCH3 is 1. The van der Waals surface area contributed by atoms with Gasteiger partial charge < -0.3 is 10.1 Å². The molecule has 2 unspecified atom stereocenters. The van der Waals surface area contributed by atoms with Crippen LogP contribution in [0.2, 0.25) is 0 Å². The maximum absolute atomic E-state index is 12.6. The van der Waals surface area contributed by atoms with E-state index in [2.05, 4.69) is 5.32 Å². The van der Waals surface area contributed by atoms with E-state index < -0.39 is 6.43 Å². The maximum atomic E-state index is 12.6. The molecule has 1 fully saturated rings. The second kappa shape index (κ2) is 6.25. The summed E-state index contributed by atoms with van der Waals surface area (Å²) < 4.78 is 30.1. The lowest BCUT2D eigenvalue weighted by atomic mass is 10.1. The number of hydrogen-bond donors (Lipinski definition) is 1. The highest BCUT2D eigenvalue weighted by atomic mass is 19.3. The molecule has 1 aliphatic rings. The van der Waals surface area contributed by atoms with Crippen molar-refractivity contribution in [3.8, 4) is 0 Å². The van der Waals surface area contributed by atoms with Gasteiger partial charge in [0.1, 0.15) is 0 Å². The Hall–Kier alpha value is -1.00. The van der Waals surface area contributed by atoms with Gasteiger partial charge in [0.05, 0.1) is 6.61 Å². The van der Waals surface area contributed by atoms with Gasteiger partial charge in [0.15, 0.2) is 0 Å². The topological polar surface area (TPSA) is 21.3 Å². The van der Waals surface area contributed by atoms with Crippen molar-refractivity contribution in [3.05, 3.63) is 35.4 Å². The molecular formula is C14H19F2NO. The summed E-state index contributed by atoms with van der Waals surface area (Å²) in [5.74, 6) is 1.02. The molecular weight excluding hydrogens is 236 g/mol. The first-order chi connectivity index (χ1) is 8.72. The lowest BCUT2D eigenvalue weighted by Crippen LogP contribution is -2.21. The average molecular weight is 255 g/mol. The normalized spacial score (nSPS) is 22.4. The van der Waals surface area contributed by atoms with E-state index in [1.807, 2.05) is 6.07 Å². The number of hydrogen-bond acceptors (Lipinski definition) is 2. The van der Waals surface area contributed by atoms with E-state index in [4.69, 9.17) is 4.74 Å². The molecule has 0 saturated heterocycles. The largest absolute Gasteiger partial charge is 0.383 e. The summed E-state index contributed by atoms with van der Waals surface area (Å²) in [6.07, 6.45) is -1.28. The molecule has 2 atom stereocenters. The number of alkyl halides is 2. The smallest absolute Gasteiger partial charge is 0.263 e. The Balaban J connectivity index is 1.81. The summed E-state index contributed by atoms with van der Waals surface area (Å²) >= 11 is 0. The van der Waals surface area contributed by atoms with Crippen molar-refractivity contribution < 1.29 is 13.5 Å². The van der Waals surface area contributed by atoms with Crippen molar-refractivity contribution in [1.82, 2.24) is 5.32 Å². The summed E-state index contributed by atoms with van der Waals surface area (Å²) in [5, 5.41) is 3.31. The van der Waals surface area contributed by atoms with E-state index in [-0.39, 0.29) is 5.56 Å². The van der Waals surface area contributed by atoms with E-state index in [1.54, 1.807) is 19.2 Å². The van der Waals surface area contributed by atoms with Crippen LogP contribution >= 0.6 is 0 Å². The number of nitrogens with one attached hydrogen (secondary N) is 1. The number of halogens is 2. The first-order valence-electron chi connectivity index (χ1n) is 6.30. The fourth-order valence-corrected chi connectivity index (χ4v) is 2.27. The summed E-state index contributed by atoms with van der Waals surface area (Å²) in [7, 11) is 1.68. The van der Waals surface area contributed by atoms with E-state index in [1.165, 1.54) is 6.07 Å². The zero-order chi connectivity index (χ0) is 13.0. The van der Waals surface area contributed by atoms with Gasteiger partial charge in [0, 0.05) is 19.2 Å². The van der Waals surface area contributed by atoms with Gasteiger partial charge in [-0.05, 0) is 36.4 Å². The van der Waals surface area contributed by atoms with Crippen LogP contribution in [0, 0.1) is 5.92 Å². The monoisotopic (exact) mass is 255 g/mol. The molecule has 0 spiro atoms. The summed E-state index contributed by atoms with van der Waals surface area (Å²) in [5.41, 5.74) is 1.18. The van der Waals surface area contributed by atoms with Gasteiger partial charge in [0.2, 0.25) is 0 Å². The number of benzene rings is 1. The minimum absolute atomic E-state index is 0.130. The molecule has 1 aromatic carbocycles. The second-order valence-electron chi connectivity index (χ2n) is 4.77. The van der Waals surface area contributed by atoms with Crippen LogP contribution in [-0.2, 0) is 4.74 Å². The third kappa shape index (κ3) is 3.50. The van der Waals surface area contributed by atoms with E-state index in [0.29, 0.717) is 18.4 Å². The van der Waals surface area contributed by atoms with Crippen molar-refractivity contribution in [2.24, 2.45) is 5.92 Å². The molecule has 0 aliphatic heterocycles. The minimum atomic E-state index is -2.37. The summed E-state index contributed by atoms with van der Waals surface area (Å²) in [6, 6.07) is 6.81. The second-order valence-corrected chi connectivity index (χ2v) is 4.77. The van der Waals surface area contributed by atoms with E-state index in [9.17, 15) is 8.78 Å². The van der Waals surface area contributed by atoms with Crippen LogP contribution in [0.25, 0.3) is 0 Å². The molecule has 1 N–H and O–H groups in total. The van der Waals surface area contributed by atoms with Crippen LogP contribution in [0.4, 0.5) is 8.78 Å². The Labute approximate surface area is 106 Å². The van der Waals surface area contributed by atoms with Crippen molar-refractivity contribution in [2.45, 2.75) is 18.8 Å². The first-order valence-corrected chi connectivity index (χ1v) is 6.30. The molecule has 4 heteroatoms. The van der Waals surface area contributed by atoms with Gasteiger partial charge in [-0.15, -0.1) is 0 Å². The Morgan fingerprint density at radius 1 is 1.44 bits per heavy atom. The SMILES string of the molecule is COCCNCC1CC1c1cccc(C(F)F)c1. The lowest BCUT2D eigenvalue weighted by Gasteiger charge is -2.05. The molecule has 2 nitrogen and oxygen atoms in total. The van der Waals surface area contributed by atoms with Gasteiger partial charge in [-0.2, -0.15) is 0 Å². The predicted molar refractivity (Wildman–Crippen MR) is 67.0 cm³/mol.